The largest absolute Gasteiger partial charge is 0.341 e. The second-order valence-electron chi connectivity index (χ2n) is 7.63. The van der Waals surface area contributed by atoms with Crippen molar-refractivity contribution in [2.24, 2.45) is 17.8 Å². The first-order valence-corrected chi connectivity index (χ1v) is 9.27. The van der Waals surface area contributed by atoms with Crippen molar-refractivity contribution in [2.75, 3.05) is 19.6 Å². The summed E-state index contributed by atoms with van der Waals surface area (Å²) >= 11 is 0. The van der Waals surface area contributed by atoms with Crippen LogP contribution >= 0.6 is 0 Å². The van der Waals surface area contributed by atoms with Gasteiger partial charge in [-0.25, -0.2) is 0 Å². The van der Waals surface area contributed by atoms with Gasteiger partial charge in [0, 0.05) is 25.6 Å². The Morgan fingerprint density at radius 3 is 2.71 bits per heavy atom. The average molecular weight is 292 g/mol. The molecule has 1 N–H and O–H groups in total. The Kier molecular flexibility index (Phi) is 5.20. The lowest BCUT2D eigenvalue weighted by Crippen LogP contribution is -2.46. The third-order valence-corrected chi connectivity index (χ3v) is 6.02. The number of fused-ring (bicyclic) bond motifs is 2. The molecule has 3 aliphatic rings. The maximum Gasteiger partial charge on any atom is 0.222 e. The fraction of sp³-hybridized carbons (Fsp3) is 0.944. The Labute approximate surface area is 129 Å². The molecule has 3 fully saturated rings. The van der Waals surface area contributed by atoms with Gasteiger partial charge in [0.1, 0.15) is 0 Å². The van der Waals surface area contributed by atoms with Crippen molar-refractivity contribution in [3.8, 4) is 0 Å². The van der Waals surface area contributed by atoms with Crippen molar-refractivity contribution >= 4 is 5.91 Å². The van der Waals surface area contributed by atoms with Gasteiger partial charge in [0.05, 0.1) is 0 Å². The van der Waals surface area contributed by atoms with E-state index in [1.807, 2.05) is 0 Å². The van der Waals surface area contributed by atoms with Crippen LogP contribution in [0.3, 0.4) is 0 Å². The highest BCUT2D eigenvalue weighted by Crippen LogP contribution is 2.49. The first kappa shape index (κ1) is 15.3. The molecule has 0 spiro atoms. The van der Waals surface area contributed by atoms with Crippen LogP contribution in [0.1, 0.15) is 64.7 Å². The quantitative estimate of drug-likeness (QED) is 0.815. The monoisotopic (exact) mass is 292 g/mol. The number of carbonyl (C=O) groups excluding carboxylic acids is 1. The number of hydrogen-bond acceptors (Lipinski definition) is 2. The van der Waals surface area contributed by atoms with Crippen molar-refractivity contribution in [1.82, 2.24) is 10.2 Å². The molecule has 0 aromatic rings. The zero-order valence-electron chi connectivity index (χ0n) is 13.7. The van der Waals surface area contributed by atoms with E-state index in [-0.39, 0.29) is 0 Å². The van der Waals surface area contributed by atoms with Crippen LogP contribution in [-0.4, -0.2) is 36.5 Å². The molecule has 4 unspecified atom stereocenters. The van der Waals surface area contributed by atoms with Gasteiger partial charge in [-0.05, 0) is 62.8 Å². The molecule has 1 heterocycles. The predicted molar refractivity (Wildman–Crippen MR) is 86.1 cm³/mol. The van der Waals surface area contributed by atoms with Crippen LogP contribution < -0.4 is 5.32 Å². The van der Waals surface area contributed by atoms with Crippen molar-refractivity contribution in [1.29, 1.82) is 0 Å². The molecule has 120 valence electrons. The minimum absolute atomic E-state index is 0.432. The summed E-state index contributed by atoms with van der Waals surface area (Å²) < 4.78 is 0. The Hall–Kier alpha value is -0.570. The van der Waals surface area contributed by atoms with Crippen molar-refractivity contribution < 1.29 is 4.79 Å². The zero-order chi connectivity index (χ0) is 14.7. The summed E-state index contributed by atoms with van der Waals surface area (Å²) in [6, 6.07) is 0.536. The molecule has 3 rings (SSSR count). The highest BCUT2D eigenvalue weighted by Gasteiger charge is 2.40. The highest BCUT2D eigenvalue weighted by molar-refractivity contribution is 5.76. The van der Waals surface area contributed by atoms with Crippen LogP contribution in [0.25, 0.3) is 0 Å². The standard InChI is InChI=1S/C18H32N2O/c1-2-9-20(13-17-5-3-4-8-19-17)18(21)12-16-11-14-6-7-15(16)10-14/h14-17,19H,2-13H2,1H3. The van der Waals surface area contributed by atoms with E-state index in [2.05, 4.69) is 17.1 Å². The summed E-state index contributed by atoms with van der Waals surface area (Å²) in [5.74, 6) is 2.96. The number of hydrogen-bond donors (Lipinski definition) is 1. The number of carbonyl (C=O) groups is 1. The molecule has 3 heteroatoms. The summed E-state index contributed by atoms with van der Waals surface area (Å²) in [4.78, 5) is 14.9. The van der Waals surface area contributed by atoms with E-state index < -0.39 is 0 Å². The summed E-state index contributed by atoms with van der Waals surface area (Å²) in [7, 11) is 0. The zero-order valence-corrected chi connectivity index (χ0v) is 13.7. The number of nitrogens with one attached hydrogen (secondary N) is 1. The summed E-state index contributed by atoms with van der Waals surface area (Å²) in [6.45, 7) is 5.20. The van der Waals surface area contributed by atoms with E-state index in [1.165, 1.54) is 44.9 Å². The van der Waals surface area contributed by atoms with E-state index in [0.29, 0.717) is 17.9 Å². The van der Waals surface area contributed by atoms with E-state index in [1.54, 1.807) is 0 Å². The topological polar surface area (TPSA) is 32.3 Å². The van der Waals surface area contributed by atoms with Crippen LogP contribution in [0, 0.1) is 17.8 Å². The lowest BCUT2D eigenvalue weighted by Gasteiger charge is -2.32. The van der Waals surface area contributed by atoms with E-state index >= 15 is 0 Å². The maximum atomic E-state index is 12.7. The van der Waals surface area contributed by atoms with Crippen molar-refractivity contribution in [3.05, 3.63) is 0 Å². The lowest BCUT2D eigenvalue weighted by atomic mass is 9.86. The summed E-state index contributed by atoms with van der Waals surface area (Å²) in [5.41, 5.74) is 0. The third kappa shape index (κ3) is 3.80. The summed E-state index contributed by atoms with van der Waals surface area (Å²) in [6.07, 6.45) is 11.3. The van der Waals surface area contributed by atoms with E-state index in [4.69, 9.17) is 0 Å². The molecule has 1 aliphatic heterocycles. The molecule has 3 nitrogen and oxygen atoms in total. The highest BCUT2D eigenvalue weighted by atomic mass is 16.2. The van der Waals surface area contributed by atoms with Crippen LogP contribution in [0.2, 0.25) is 0 Å². The Balaban J connectivity index is 1.51. The van der Waals surface area contributed by atoms with Gasteiger partial charge >= 0.3 is 0 Å². The Morgan fingerprint density at radius 2 is 2.10 bits per heavy atom. The number of nitrogens with zero attached hydrogens (tertiary/aromatic N) is 1. The number of piperidine rings is 1. The number of amides is 1. The first-order chi connectivity index (χ1) is 10.3. The minimum atomic E-state index is 0.432. The second kappa shape index (κ2) is 7.13. The van der Waals surface area contributed by atoms with Gasteiger partial charge in [0.15, 0.2) is 0 Å². The molecule has 0 radical (unpaired) electrons. The molecule has 1 amide bonds. The third-order valence-electron chi connectivity index (χ3n) is 6.02. The van der Waals surface area contributed by atoms with Crippen LogP contribution in [0.4, 0.5) is 0 Å². The molecule has 1 saturated heterocycles. The Bertz CT molecular complexity index is 351. The Morgan fingerprint density at radius 1 is 1.19 bits per heavy atom. The normalized spacial score (nSPS) is 35.1. The first-order valence-electron chi connectivity index (χ1n) is 9.27. The van der Waals surface area contributed by atoms with Crippen LogP contribution in [0.5, 0.6) is 0 Å². The molecule has 0 aromatic heterocycles. The van der Waals surface area contributed by atoms with Crippen LogP contribution in [-0.2, 0) is 4.79 Å². The van der Waals surface area contributed by atoms with Gasteiger partial charge < -0.3 is 10.2 Å². The average Bonchev–Trinajstić information content (AvgIpc) is 3.10. The molecule has 2 saturated carbocycles. The molecule has 4 atom stereocenters. The van der Waals surface area contributed by atoms with Crippen LogP contribution in [0.15, 0.2) is 0 Å². The predicted octanol–water partition coefficient (Wildman–Crippen LogP) is 3.19. The fourth-order valence-corrected chi connectivity index (χ4v) is 4.91. The van der Waals surface area contributed by atoms with Gasteiger partial charge in [-0.2, -0.15) is 0 Å². The minimum Gasteiger partial charge on any atom is -0.341 e. The van der Waals surface area contributed by atoms with Gasteiger partial charge in [-0.3, -0.25) is 4.79 Å². The van der Waals surface area contributed by atoms with E-state index in [0.717, 1.165) is 44.3 Å². The molecular weight excluding hydrogens is 260 g/mol. The SMILES string of the molecule is CCCN(CC1CCCCN1)C(=O)CC1CC2CCC1C2. The van der Waals surface area contributed by atoms with Crippen molar-refractivity contribution in [2.45, 2.75) is 70.8 Å². The van der Waals surface area contributed by atoms with E-state index in [9.17, 15) is 4.79 Å². The summed E-state index contributed by atoms with van der Waals surface area (Å²) in [5, 5.41) is 3.59. The number of rotatable bonds is 6. The molecule has 21 heavy (non-hydrogen) atoms. The second-order valence-corrected chi connectivity index (χ2v) is 7.63. The maximum absolute atomic E-state index is 12.7. The van der Waals surface area contributed by atoms with Gasteiger partial charge in [-0.15, -0.1) is 0 Å². The van der Waals surface area contributed by atoms with Gasteiger partial charge in [-0.1, -0.05) is 19.8 Å². The fourth-order valence-electron chi connectivity index (χ4n) is 4.91. The molecule has 0 aromatic carbocycles. The molecular formula is C18H32N2O. The lowest BCUT2D eigenvalue weighted by molar-refractivity contribution is -0.133. The van der Waals surface area contributed by atoms with Gasteiger partial charge in [0.25, 0.3) is 0 Å². The van der Waals surface area contributed by atoms with Gasteiger partial charge in [0.2, 0.25) is 5.91 Å². The molecule has 2 aliphatic carbocycles. The van der Waals surface area contributed by atoms with Crippen molar-refractivity contribution in [3.63, 3.8) is 0 Å². The smallest absolute Gasteiger partial charge is 0.222 e. The molecule has 2 bridgehead atoms.